The van der Waals surface area contributed by atoms with Gasteiger partial charge in [-0.3, -0.25) is 0 Å². The molecule has 0 aliphatic carbocycles. The van der Waals surface area contributed by atoms with Crippen LogP contribution in [0.25, 0.3) is 0 Å². The van der Waals surface area contributed by atoms with E-state index in [2.05, 4.69) is 10.3 Å². The molecule has 1 heterocycles. The lowest BCUT2D eigenvalue weighted by molar-refractivity contribution is 0.648. The summed E-state index contributed by atoms with van der Waals surface area (Å²) in [5.74, 6) is 0.937. The van der Waals surface area contributed by atoms with Gasteiger partial charge in [0.15, 0.2) is 5.13 Å². The van der Waals surface area contributed by atoms with E-state index in [4.69, 9.17) is 23.2 Å². The summed E-state index contributed by atoms with van der Waals surface area (Å²) in [4.78, 5) is 4.09. The fourth-order valence-corrected chi connectivity index (χ4v) is 1.74. The minimum atomic E-state index is -0.263. The number of thiazole rings is 1. The molecular weight excluding hydrogens is 215 g/mol. The van der Waals surface area contributed by atoms with Crippen molar-refractivity contribution in [2.45, 2.75) is 12.5 Å². The van der Waals surface area contributed by atoms with Crippen molar-refractivity contribution in [2.75, 3.05) is 17.1 Å². The molecule has 0 bridgehead atoms. The lowest BCUT2D eigenvalue weighted by Crippen LogP contribution is -2.38. The first-order chi connectivity index (χ1) is 5.70. The topological polar surface area (TPSA) is 24.9 Å². The molecule has 5 heteroatoms. The SMILES string of the molecule is CC(CCl)(CCl)Nc1nccs1. The summed E-state index contributed by atoms with van der Waals surface area (Å²) in [5, 5.41) is 5.95. The third kappa shape index (κ3) is 2.51. The van der Waals surface area contributed by atoms with E-state index >= 15 is 0 Å². The van der Waals surface area contributed by atoms with E-state index in [9.17, 15) is 0 Å². The predicted molar refractivity (Wildman–Crippen MR) is 55.6 cm³/mol. The van der Waals surface area contributed by atoms with Gasteiger partial charge in [0.2, 0.25) is 0 Å². The predicted octanol–water partition coefficient (Wildman–Crippen LogP) is 2.79. The number of hydrogen-bond acceptors (Lipinski definition) is 3. The van der Waals surface area contributed by atoms with Crippen molar-refractivity contribution < 1.29 is 0 Å². The van der Waals surface area contributed by atoms with Gasteiger partial charge in [-0.1, -0.05) is 0 Å². The largest absolute Gasteiger partial charge is 0.354 e. The molecule has 68 valence electrons. The molecule has 0 saturated carbocycles. The minimum Gasteiger partial charge on any atom is -0.354 e. The van der Waals surface area contributed by atoms with Crippen LogP contribution in [0.2, 0.25) is 0 Å². The second kappa shape index (κ2) is 4.30. The average Bonchev–Trinajstić information content (AvgIpc) is 2.57. The van der Waals surface area contributed by atoms with Crippen molar-refractivity contribution >= 4 is 39.7 Å². The van der Waals surface area contributed by atoms with Crippen LogP contribution in [-0.2, 0) is 0 Å². The number of aromatic nitrogens is 1. The monoisotopic (exact) mass is 224 g/mol. The third-order valence-electron chi connectivity index (χ3n) is 1.43. The maximum atomic E-state index is 5.76. The van der Waals surface area contributed by atoms with Crippen LogP contribution in [0.3, 0.4) is 0 Å². The van der Waals surface area contributed by atoms with E-state index in [-0.39, 0.29) is 5.54 Å². The molecule has 0 aliphatic heterocycles. The summed E-state index contributed by atoms with van der Waals surface area (Å²) in [6.07, 6.45) is 1.75. The highest BCUT2D eigenvalue weighted by Gasteiger charge is 2.22. The highest BCUT2D eigenvalue weighted by molar-refractivity contribution is 7.13. The number of nitrogens with zero attached hydrogens (tertiary/aromatic N) is 1. The minimum absolute atomic E-state index is 0.263. The maximum absolute atomic E-state index is 5.76. The van der Waals surface area contributed by atoms with Gasteiger partial charge >= 0.3 is 0 Å². The summed E-state index contributed by atoms with van der Waals surface area (Å²) >= 11 is 13.1. The molecule has 0 unspecified atom stereocenters. The lowest BCUT2D eigenvalue weighted by Gasteiger charge is -2.25. The summed E-state index contributed by atoms with van der Waals surface area (Å²) in [6.45, 7) is 1.97. The van der Waals surface area contributed by atoms with Gasteiger partial charge in [-0.15, -0.1) is 34.5 Å². The fourth-order valence-electron chi connectivity index (χ4n) is 0.646. The first kappa shape index (κ1) is 10.1. The Morgan fingerprint density at radius 2 is 2.25 bits per heavy atom. The molecule has 12 heavy (non-hydrogen) atoms. The van der Waals surface area contributed by atoms with Gasteiger partial charge in [-0.05, 0) is 6.92 Å². The fraction of sp³-hybridized carbons (Fsp3) is 0.571. The van der Waals surface area contributed by atoms with Crippen molar-refractivity contribution in [1.82, 2.24) is 4.98 Å². The molecule has 1 rings (SSSR count). The summed E-state index contributed by atoms with van der Waals surface area (Å²) < 4.78 is 0. The molecule has 0 amide bonds. The first-order valence-corrected chi connectivity index (χ1v) is 5.45. The Morgan fingerprint density at radius 1 is 1.58 bits per heavy atom. The number of alkyl halides is 2. The molecule has 0 aromatic carbocycles. The van der Waals surface area contributed by atoms with Crippen LogP contribution in [-0.4, -0.2) is 22.3 Å². The normalized spacial score (nSPS) is 11.6. The van der Waals surface area contributed by atoms with E-state index in [0.29, 0.717) is 11.8 Å². The zero-order valence-electron chi connectivity index (χ0n) is 6.68. The zero-order valence-corrected chi connectivity index (χ0v) is 9.01. The number of hydrogen-bond donors (Lipinski definition) is 1. The summed E-state index contributed by atoms with van der Waals surface area (Å²) in [7, 11) is 0. The van der Waals surface area contributed by atoms with Crippen LogP contribution in [0.5, 0.6) is 0 Å². The molecule has 0 atom stereocenters. The molecule has 0 fully saturated rings. The second-order valence-corrected chi connectivity index (χ2v) is 4.22. The van der Waals surface area contributed by atoms with Crippen LogP contribution in [0.4, 0.5) is 5.13 Å². The standard InChI is InChI=1S/C7H10Cl2N2S/c1-7(4-8,5-9)11-6-10-2-3-12-6/h2-3H,4-5H2,1H3,(H,10,11). The van der Waals surface area contributed by atoms with Crippen LogP contribution in [0.1, 0.15) is 6.92 Å². The van der Waals surface area contributed by atoms with Gasteiger partial charge in [0.25, 0.3) is 0 Å². The van der Waals surface area contributed by atoms with Crippen molar-refractivity contribution in [3.05, 3.63) is 11.6 Å². The Morgan fingerprint density at radius 3 is 2.67 bits per heavy atom. The average molecular weight is 225 g/mol. The van der Waals surface area contributed by atoms with Gasteiger partial charge < -0.3 is 5.32 Å². The molecule has 0 spiro atoms. The molecule has 0 aliphatic rings. The van der Waals surface area contributed by atoms with Gasteiger partial charge in [0.05, 0.1) is 5.54 Å². The van der Waals surface area contributed by atoms with Crippen LogP contribution in [0, 0.1) is 0 Å². The zero-order chi connectivity index (χ0) is 9.03. The Hall–Kier alpha value is 0.01000. The Bertz CT molecular complexity index is 221. The van der Waals surface area contributed by atoms with Gasteiger partial charge in [-0.25, -0.2) is 4.98 Å². The van der Waals surface area contributed by atoms with E-state index < -0.39 is 0 Å². The molecular formula is C7H10Cl2N2S. The molecule has 0 saturated heterocycles. The van der Waals surface area contributed by atoms with Crippen molar-refractivity contribution in [1.29, 1.82) is 0 Å². The Kier molecular flexibility index (Phi) is 3.62. The molecule has 2 nitrogen and oxygen atoms in total. The Labute approximate surface area is 85.9 Å². The van der Waals surface area contributed by atoms with E-state index in [1.807, 2.05) is 12.3 Å². The van der Waals surface area contributed by atoms with Gasteiger partial charge in [0.1, 0.15) is 0 Å². The number of halogens is 2. The summed E-state index contributed by atoms with van der Waals surface area (Å²) in [6, 6.07) is 0. The Balaban J connectivity index is 2.60. The molecule has 1 aromatic heterocycles. The van der Waals surface area contributed by atoms with Crippen molar-refractivity contribution in [2.24, 2.45) is 0 Å². The quantitative estimate of drug-likeness (QED) is 0.797. The number of nitrogens with one attached hydrogen (secondary N) is 1. The van der Waals surface area contributed by atoms with Crippen LogP contribution in [0.15, 0.2) is 11.6 Å². The van der Waals surface area contributed by atoms with Crippen LogP contribution >= 0.6 is 34.5 Å². The highest BCUT2D eigenvalue weighted by atomic mass is 35.5. The summed E-state index contributed by atoms with van der Waals surface area (Å²) in [5.41, 5.74) is -0.263. The number of anilines is 1. The smallest absolute Gasteiger partial charge is 0.183 e. The maximum Gasteiger partial charge on any atom is 0.183 e. The van der Waals surface area contributed by atoms with Gasteiger partial charge in [-0.2, -0.15) is 0 Å². The van der Waals surface area contributed by atoms with Crippen LogP contribution < -0.4 is 5.32 Å². The van der Waals surface area contributed by atoms with E-state index in [1.165, 1.54) is 0 Å². The highest BCUT2D eigenvalue weighted by Crippen LogP contribution is 2.19. The molecule has 0 radical (unpaired) electrons. The lowest BCUT2D eigenvalue weighted by atomic mass is 10.1. The van der Waals surface area contributed by atoms with Crippen molar-refractivity contribution in [3.63, 3.8) is 0 Å². The van der Waals surface area contributed by atoms with E-state index in [0.717, 1.165) is 5.13 Å². The second-order valence-electron chi connectivity index (χ2n) is 2.79. The third-order valence-corrected chi connectivity index (χ3v) is 3.30. The first-order valence-electron chi connectivity index (χ1n) is 3.50. The van der Waals surface area contributed by atoms with Crippen molar-refractivity contribution in [3.8, 4) is 0 Å². The number of rotatable bonds is 4. The molecule has 1 aromatic rings. The van der Waals surface area contributed by atoms with Gasteiger partial charge in [0, 0.05) is 23.3 Å². The van der Waals surface area contributed by atoms with E-state index in [1.54, 1.807) is 17.5 Å². The molecule has 1 N–H and O–H groups in total.